The maximum Gasteiger partial charge on any atom is 0.343 e. The van der Waals surface area contributed by atoms with Crippen LogP contribution in [0.4, 0.5) is 0 Å². The Labute approximate surface area is 151 Å². The number of hydrogen-bond donors (Lipinski definition) is 1. The standard InChI is InChI=1S/C17H18ClNO5S/c1-12-9-14(7-8-16(12)24-11-17(20)23-2)25(21,22)19-10-13-5-3-4-6-15(13)18/h3-9,19H,10-11H2,1-2H3. The lowest BCUT2D eigenvalue weighted by Crippen LogP contribution is -2.23. The molecule has 1 N–H and O–H groups in total. The van der Waals surface area contributed by atoms with Gasteiger partial charge in [0.25, 0.3) is 0 Å². The van der Waals surface area contributed by atoms with Crippen molar-refractivity contribution in [3.8, 4) is 5.75 Å². The summed E-state index contributed by atoms with van der Waals surface area (Å²) in [6.45, 7) is 1.54. The van der Waals surface area contributed by atoms with Gasteiger partial charge in [-0.2, -0.15) is 0 Å². The highest BCUT2D eigenvalue weighted by molar-refractivity contribution is 7.89. The molecule has 0 aromatic heterocycles. The molecule has 0 unspecified atom stereocenters. The molecule has 0 amide bonds. The first-order valence-electron chi connectivity index (χ1n) is 7.37. The van der Waals surface area contributed by atoms with Gasteiger partial charge >= 0.3 is 5.97 Å². The molecule has 0 atom stereocenters. The van der Waals surface area contributed by atoms with Gasteiger partial charge in [0.15, 0.2) is 6.61 Å². The second kappa shape index (κ2) is 8.33. The molecule has 0 saturated carbocycles. The molecule has 8 heteroatoms. The second-order valence-electron chi connectivity index (χ2n) is 5.21. The minimum Gasteiger partial charge on any atom is -0.482 e. The first-order chi connectivity index (χ1) is 11.8. The third kappa shape index (κ3) is 5.19. The van der Waals surface area contributed by atoms with Crippen LogP contribution < -0.4 is 9.46 Å². The number of sulfonamides is 1. The molecule has 0 spiro atoms. The highest BCUT2D eigenvalue weighted by atomic mass is 35.5. The minimum absolute atomic E-state index is 0.0850. The maximum atomic E-state index is 12.4. The molecular formula is C17H18ClNO5S. The molecule has 2 aromatic rings. The largest absolute Gasteiger partial charge is 0.482 e. The molecule has 0 aliphatic rings. The molecule has 0 fully saturated rings. The molecule has 134 valence electrons. The second-order valence-corrected chi connectivity index (χ2v) is 7.38. The Hall–Kier alpha value is -2.09. The summed E-state index contributed by atoms with van der Waals surface area (Å²) in [7, 11) is -2.44. The minimum atomic E-state index is -3.71. The fraction of sp³-hybridized carbons (Fsp3) is 0.235. The van der Waals surface area contributed by atoms with Crippen LogP contribution in [0.5, 0.6) is 5.75 Å². The van der Waals surface area contributed by atoms with Crippen molar-refractivity contribution in [2.75, 3.05) is 13.7 Å². The number of ether oxygens (including phenoxy) is 2. The number of benzene rings is 2. The topological polar surface area (TPSA) is 81.7 Å². The van der Waals surface area contributed by atoms with E-state index >= 15 is 0 Å². The normalized spacial score (nSPS) is 11.2. The fourth-order valence-corrected chi connectivity index (χ4v) is 3.34. The Morgan fingerprint density at radius 1 is 1.20 bits per heavy atom. The molecular weight excluding hydrogens is 366 g/mol. The number of halogens is 1. The molecule has 0 heterocycles. The van der Waals surface area contributed by atoms with Crippen molar-refractivity contribution < 1.29 is 22.7 Å². The van der Waals surface area contributed by atoms with E-state index in [0.29, 0.717) is 21.9 Å². The van der Waals surface area contributed by atoms with Gasteiger partial charge in [0.2, 0.25) is 10.0 Å². The van der Waals surface area contributed by atoms with E-state index < -0.39 is 16.0 Å². The van der Waals surface area contributed by atoms with Crippen LogP contribution in [0.25, 0.3) is 0 Å². The van der Waals surface area contributed by atoms with Crippen LogP contribution in [0.3, 0.4) is 0 Å². The number of aryl methyl sites for hydroxylation is 1. The molecule has 0 radical (unpaired) electrons. The SMILES string of the molecule is COC(=O)COc1ccc(S(=O)(=O)NCc2ccccc2Cl)cc1C. The predicted molar refractivity (Wildman–Crippen MR) is 94.2 cm³/mol. The van der Waals surface area contributed by atoms with Crippen LogP contribution in [0.15, 0.2) is 47.4 Å². The number of hydrogen-bond acceptors (Lipinski definition) is 5. The Morgan fingerprint density at radius 3 is 2.56 bits per heavy atom. The molecule has 0 aliphatic carbocycles. The molecule has 0 saturated heterocycles. The van der Waals surface area contributed by atoms with E-state index in [1.165, 1.54) is 25.3 Å². The van der Waals surface area contributed by atoms with Gasteiger partial charge in [0.05, 0.1) is 12.0 Å². The molecule has 0 aliphatic heterocycles. The average molecular weight is 384 g/mol. The summed E-state index contributed by atoms with van der Waals surface area (Å²) < 4.78 is 37.1. The Balaban J connectivity index is 2.10. The van der Waals surface area contributed by atoms with E-state index in [9.17, 15) is 13.2 Å². The van der Waals surface area contributed by atoms with E-state index in [4.69, 9.17) is 16.3 Å². The van der Waals surface area contributed by atoms with Crippen molar-refractivity contribution in [3.05, 3.63) is 58.6 Å². The zero-order chi connectivity index (χ0) is 18.4. The Kier molecular flexibility index (Phi) is 6.41. The Bertz CT molecular complexity index is 867. The Morgan fingerprint density at radius 2 is 1.92 bits per heavy atom. The van der Waals surface area contributed by atoms with Gasteiger partial charge in [0.1, 0.15) is 5.75 Å². The first kappa shape index (κ1) is 19.2. The van der Waals surface area contributed by atoms with E-state index in [1.807, 2.05) is 0 Å². The summed E-state index contributed by atoms with van der Waals surface area (Å²) >= 11 is 6.03. The number of esters is 1. The zero-order valence-electron chi connectivity index (χ0n) is 13.8. The highest BCUT2D eigenvalue weighted by Gasteiger charge is 2.16. The molecule has 2 rings (SSSR count). The number of carbonyl (C=O) groups is 1. The lowest BCUT2D eigenvalue weighted by Gasteiger charge is -2.11. The fourth-order valence-electron chi connectivity index (χ4n) is 2.04. The summed E-state index contributed by atoms with van der Waals surface area (Å²) in [5.74, 6) is -0.104. The van der Waals surface area contributed by atoms with Crippen molar-refractivity contribution in [2.45, 2.75) is 18.4 Å². The smallest absolute Gasteiger partial charge is 0.343 e. The van der Waals surface area contributed by atoms with Crippen molar-refractivity contribution in [1.29, 1.82) is 0 Å². The van der Waals surface area contributed by atoms with Crippen LogP contribution >= 0.6 is 11.6 Å². The van der Waals surface area contributed by atoms with Crippen LogP contribution in [0.1, 0.15) is 11.1 Å². The van der Waals surface area contributed by atoms with Gasteiger partial charge in [-0.15, -0.1) is 0 Å². The third-order valence-electron chi connectivity index (χ3n) is 3.44. The van der Waals surface area contributed by atoms with Crippen molar-refractivity contribution in [3.63, 3.8) is 0 Å². The van der Waals surface area contributed by atoms with E-state index in [0.717, 1.165) is 0 Å². The maximum absolute atomic E-state index is 12.4. The quantitative estimate of drug-likeness (QED) is 0.743. The third-order valence-corrected chi connectivity index (χ3v) is 5.21. The molecule has 25 heavy (non-hydrogen) atoms. The average Bonchev–Trinajstić information content (AvgIpc) is 2.59. The van der Waals surface area contributed by atoms with Gasteiger partial charge in [-0.25, -0.2) is 17.9 Å². The van der Waals surface area contributed by atoms with Gasteiger partial charge in [-0.3, -0.25) is 0 Å². The van der Waals surface area contributed by atoms with Crippen LogP contribution in [0, 0.1) is 6.92 Å². The van der Waals surface area contributed by atoms with Gasteiger partial charge in [0, 0.05) is 11.6 Å². The van der Waals surface area contributed by atoms with Gasteiger partial charge < -0.3 is 9.47 Å². The molecule has 2 aromatic carbocycles. The lowest BCUT2D eigenvalue weighted by atomic mass is 10.2. The van der Waals surface area contributed by atoms with Crippen molar-refractivity contribution >= 4 is 27.6 Å². The van der Waals surface area contributed by atoms with Crippen LogP contribution in [-0.2, 0) is 26.1 Å². The summed E-state index contributed by atoms with van der Waals surface area (Å²) in [5.41, 5.74) is 1.27. The van der Waals surface area contributed by atoms with Crippen molar-refractivity contribution in [2.24, 2.45) is 0 Å². The van der Waals surface area contributed by atoms with Crippen molar-refractivity contribution in [1.82, 2.24) is 4.72 Å². The molecule has 0 bridgehead atoms. The van der Waals surface area contributed by atoms with Gasteiger partial charge in [-0.1, -0.05) is 29.8 Å². The van der Waals surface area contributed by atoms with Crippen LogP contribution in [0.2, 0.25) is 5.02 Å². The first-order valence-corrected chi connectivity index (χ1v) is 9.23. The number of carbonyl (C=O) groups excluding carboxylic acids is 1. The summed E-state index contributed by atoms with van der Waals surface area (Å²) in [6, 6.07) is 11.4. The van der Waals surface area contributed by atoms with E-state index in [1.54, 1.807) is 31.2 Å². The predicted octanol–water partition coefficient (Wildman–Crippen LogP) is 2.68. The summed E-state index contributed by atoms with van der Waals surface area (Å²) in [6.07, 6.45) is 0. The monoisotopic (exact) mass is 383 g/mol. The van der Waals surface area contributed by atoms with Gasteiger partial charge in [-0.05, 0) is 42.3 Å². The lowest BCUT2D eigenvalue weighted by molar-refractivity contribution is -0.142. The number of methoxy groups -OCH3 is 1. The van der Waals surface area contributed by atoms with E-state index in [2.05, 4.69) is 9.46 Å². The number of nitrogens with one attached hydrogen (secondary N) is 1. The molecule has 6 nitrogen and oxygen atoms in total. The van der Waals surface area contributed by atoms with E-state index in [-0.39, 0.29) is 18.0 Å². The summed E-state index contributed by atoms with van der Waals surface area (Å²) in [5, 5.41) is 0.493. The van der Waals surface area contributed by atoms with Crippen LogP contribution in [-0.4, -0.2) is 28.1 Å². The number of rotatable bonds is 7. The summed E-state index contributed by atoms with van der Waals surface area (Å²) in [4.78, 5) is 11.2. The highest BCUT2D eigenvalue weighted by Crippen LogP contribution is 2.22. The zero-order valence-corrected chi connectivity index (χ0v) is 15.4.